The second-order valence-electron chi connectivity index (χ2n) is 8.76. The molecule has 0 saturated carbocycles. The van der Waals surface area contributed by atoms with Gasteiger partial charge in [0.05, 0.1) is 24.4 Å². The molecule has 10 nitrogen and oxygen atoms in total. The van der Waals surface area contributed by atoms with Crippen molar-refractivity contribution in [2.75, 3.05) is 32.1 Å². The third-order valence-electron chi connectivity index (χ3n) is 5.82. The summed E-state index contributed by atoms with van der Waals surface area (Å²) in [6, 6.07) is 6.61. The fourth-order valence-electron chi connectivity index (χ4n) is 3.81. The summed E-state index contributed by atoms with van der Waals surface area (Å²) in [6.07, 6.45) is 5.59. The SMILES string of the molecule is COc1cc(NC(C)CCCNC(=O)[C@@H](CCCN)NC(=O)[C@H](N)CCCN)c2ncccc2c1.Cl.Cl.Cl.Cl. The maximum atomic E-state index is 12.7. The first-order valence-electron chi connectivity index (χ1n) is 12.3. The molecule has 0 fully saturated rings. The highest BCUT2D eigenvalue weighted by atomic mass is 35.5. The Morgan fingerprint density at radius 3 is 2.28 bits per heavy atom. The number of hydrogen-bond acceptors (Lipinski definition) is 8. The van der Waals surface area contributed by atoms with E-state index >= 15 is 0 Å². The van der Waals surface area contributed by atoms with Gasteiger partial charge in [-0.05, 0) is 70.7 Å². The minimum Gasteiger partial charge on any atom is -0.497 e. The van der Waals surface area contributed by atoms with Crippen molar-refractivity contribution in [2.24, 2.45) is 17.2 Å². The van der Waals surface area contributed by atoms with Crippen LogP contribution in [0.3, 0.4) is 0 Å². The van der Waals surface area contributed by atoms with Gasteiger partial charge in [-0.3, -0.25) is 14.6 Å². The molecule has 0 spiro atoms. The zero-order valence-electron chi connectivity index (χ0n) is 22.5. The molecule has 1 aromatic heterocycles. The van der Waals surface area contributed by atoms with Gasteiger partial charge in [0.2, 0.25) is 11.8 Å². The van der Waals surface area contributed by atoms with Crippen molar-refractivity contribution in [3.8, 4) is 5.75 Å². The van der Waals surface area contributed by atoms with Crippen LogP contribution in [0.2, 0.25) is 0 Å². The summed E-state index contributed by atoms with van der Waals surface area (Å²) in [5, 5.41) is 10.2. The third kappa shape index (κ3) is 14.4. The molecule has 2 rings (SSSR count). The Kier molecular flexibility index (Phi) is 24.6. The van der Waals surface area contributed by atoms with Crippen LogP contribution in [0.1, 0.15) is 45.4 Å². The lowest BCUT2D eigenvalue weighted by atomic mass is 10.1. The molecule has 1 unspecified atom stereocenters. The van der Waals surface area contributed by atoms with Crippen LogP contribution in [0.4, 0.5) is 5.69 Å². The smallest absolute Gasteiger partial charge is 0.242 e. The predicted octanol–water partition coefficient (Wildman–Crippen LogP) is 2.92. The standard InChI is InChI=1S/C25H41N7O3.4ClH/c1-17(31-22-16-19(35-2)15-18-8-6-13-29-23(18)22)7-5-14-30-25(34)21(10-4-12-27)32-24(33)20(28)9-3-11-26;;;;/h6,8,13,15-17,20-21,31H,3-5,7,9-12,14,26-28H2,1-2H3,(H,30,34)(H,32,33);4*1H/t17?,20-,21-;;;;/m1..../s1. The van der Waals surface area contributed by atoms with Crippen LogP contribution in [-0.2, 0) is 9.59 Å². The summed E-state index contributed by atoms with van der Waals surface area (Å²) in [7, 11) is 1.64. The maximum absolute atomic E-state index is 12.7. The molecule has 0 aliphatic carbocycles. The number of benzene rings is 1. The zero-order valence-corrected chi connectivity index (χ0v) is 25.8. The molecule has 2 aromatic rings. The lowest BCUT2D eigenvalue weighted by Crippen LogP contribution is -2.52. The fraction of sp³-hybridized carbons (Fsp3) is 0.560. The van der Waals surface area contributed by atoms with Crippen LogP contribution in [0.25, 0.3) is 10.9 Å². The van der Waals surface area contributed by atoms with E-state index in [1.54, 1.807) is 13.3 Å². The summed E-state index contributed by atoms with van der Waals surface area (Å²) in [4.78, 5) is 29.5. The van der Waals surface area contributed by atoms with E-state index in [9.17, 15) is 9.59 Å². The van der Waals surface area contributed by atoms with Crippen LogP contribution in [0, 0.1) is 0 Å². The molecule has 0 aliphatic rings. The van der Waals surface area contributed by atoms with Gasteiger partial charge in [0.25, 0.3) is 0 Å². The molecule has 0 radical (unpaired) electrons. The highest BCUT2D eigenvalue weighted by Gasteiger charge is 2.23. The van der Waals surface area contributed by atoms with E-state index in [1.807, 2.05) is 24.3 Å². The number of halogens is 4. The number of nitrogens with one attached hydrogen (secondary N) is 3. The van der Waals surface area contributed by atoms with Crippen LogP contribution in [0.5, 0.6) is 5.75 Å². The quantitative estimate of drug-likeness (QED) is 0.153. The second-order valence-corrected chi connectivity index (χ2v) is 8.76. The number of rotatable bonds is 16. The highest BCUT2D eigenvalue weighted by molar-refractivity contribution is 5.92. The van der Waals surface area contributed by atoms with E-state index in [-0.39, 0.29) is 67.5 Å². The summed E-state index contributed by atoms with van der Waals surface area (Å²) in [5.74, 6) is 0.203. The highest BCUT2D eigenvalue weighted by Crippen LogP contribution is 2.28. The fourth-order valence-corrected chi connectivity index (χ4v) is 3.81. The molecular formula is C25H45Cl4N7O3. The number of nitrogens with zero attached hydrogens (tertiary/aromatic N) is 1. The minimum atomic E-state index is -0.680. The van der Waals surface area contributed by atoms with Gasteiger partial charge in [-0.2, -0.15) is 0 Å². The molecule has 14 heteroatoms. The lowest BCUT2D eigenvalue weighted by Gasteiger charge is -2.21. The molecule has 39 heavy (non-hydrogen) atoms. The van der Waals surface area contributed by atoms with Crippen molar-refractivity contribution in [1.82, 2.24) is 15.6 Å². The number of anilines is 1. The molecule has 0 bridgehead atoms. The monoisotopic (exact) mass is 631 g/mol. The largest absolute Gasteiger partial charge is 0.497 e. The Balaban J connectivity index is -0.00000324. The number of fused-ring (bicyclic) bond motifs is 1. The van der Waals surface area contributed by atoms with E-state index in [0.29, 0.717) is 45.3 Å². The molecule has 226 valence electrons. The van der Waals surface area contributed by atoms with Gasteiger partial charge >= 0.3 is 0 Å². The molecule has 2 amide bonds. The number of hydrogen-bond donors (Lipinski definition) is 6. The lowest BCUT2D eigenvalue weighted by molar-refractivity contribution is -0.129. The minimum absolute atomic E-state index is 0. The van der Waals surface area contributed by atoms with Crippen LogP contribution >= 0.6 is 49.6 Å². The number of carbonyl (C=O) groups excluding carboxylic acids is 2. The van der Waals surface area contributed by atoms with Crippen molar-refractivity contribution in [3.63, 3.8) is 0 Å². The number of methoxy groups -OCH3 is 1. The van der Waals surface area contributed by atoms with Crippen molar-refractivity contribution in [1.29, 1.82) is 0 Å². The summed E-state index contributed by atoms with van der Waals surface area (Å²) >= 11 is 0. The van der Waals surface area contributed by atoms with Crippen LogP contribution < -0.4 is 37.9 Å². The Hall–Kier alpha value is -1.79. The predicted molar refractivity (Wildman–Crippen MR) is 169 cm³/mol. The maximum Gasteiger partial charge on any atom is 0.242 e. The molecule has 1 aromatic carbocycles. The summed E-state index contributed by atoms with van der Waals surface area (Å²) in [5.41, 5.74) is 18.8. The molecule has 1 heterocycles. The zero-order chi connectivity index (χ0) is 25.6. The van der Waals surface area contributed by atoms with E-state index in [2.05, 4.69) is 27.9 Å². The van der Waals surface area contributed by atoms with E-state index in [1.165, 1.54) is 0 Å². The second kappa shape index (κ2) is 23.0. The van der Waals surface area contributed by atoms with Crippen molar-refractivity contribution < 1.29 is 14.3 Å². The van der Waals surface area contributed by atoms with E-state index in [4.69, 9.17) is 21.9 Å². The number of nitrogens with two attached hydrogens (primary N) is 3. The van der Waals surface area contributed by atoms with Crippen molar-refractivity contribution in [2.45, 2.75) is 63.6 Å². The van der Waals surface area contributed by atoms with Crippen LogP contribution in [0.15, 0.2) is 30.5 Å². The first kappa shape index (κ1) is 41.7. The number of carbonyl (C=O) groups is 2. The van der Waals surface area contributed by atoms with Gasteiger partial charge in [0.15, 0.2) is 0 Å². The van der Waals surface area contributed by atoms with Crippen LogP contribution in [-0.4, -0.2) is 61.7 Å². The van der Waals surface area contributed by atoms with Gasteiger partial charge < -0.3 is 37.9 Å². The Morgan fingerprint density at radius 1 is 0.974 bits per heavy atom. The first-order chi connectivity index (χ1) is 16.9. The van der Waals surface area contributed by atoms with Crippen molar-refractivity contribution in [3.05, 3.63) is 30.5 Å². The van der Waals surface area contributed by atoms with Gasteiger partial charge in [-0.25, -0.2) is 0 Å². The molecule has 0 aliphatic heterocycles. The molecular weight excluding hydrogens is 588 g/mol. The first-order valence-corrected chi connectivity index (χ1v) is 12.3. The normalized spacial score (nSPS) is 12.2. The summed E-state index contributed by atoms with van der Waals surface area (Å²) < 4.78 is 5.41. The average Bonchev–Trinajstić information content (AvgIpc) is 2.87. The third-order valence-corrected chi connectivity index (χ3v) is 5.82. The van der Waals surface area contributed by atoms with Crippen molar-refractivity contribution >= 4 is 78.0 Å². The molecule has 0 saturated heterocycles. The molecule has 9 N–H and O–H groups in total. The van der Waals surface area contributed by atoms with Gasteiger partial charge in [-0.1, -0.05) is 6.07 Å². The number of pyridine rings is 1. The van der Waals surface area contributed by atoms with E-state index in [0.717, 1.165) is 35.2 Å². The average molecular weight is 633 g/mol. The Labute approximate surface area is 256 Å². The Bertz CT molecular complexity index is 959. The van der Waals surface area contributed by atoms with E-state index < -0.39 is 12.1 Å². The topological polar surface area (TPSA) is 170 Å². The Morgan fingerprint density at radius 2 is 1.64 bits per heavy atom. The van der Waals surface area contributed by atoms with Gasteiger partial charge in [0.1, 0.15) is 11.8 Å². The van der Waals surface area contributed by atoms with Gasteiger partial charge in [-0.15, -0.1) is 49.6 Å². The number of ether oxygens (including phenoxy) is 1. The number of aromatic nitrogens is 1. The molecule has 3 atom stereocenters. The summed E-state index contributed by atoms with van der Waals surface area (Å²) in [6.45, 7) is 3.49. The number of amides is 2. The van der Waals surface area contributed by atoms with Gasteiger partial charge in [0, 0.05) is 30.2 Å².